The van der Waals surface area contributed by atoms with Gasteiger partial charge in [-0.1, -0.05) is 6.92 Å². The molecule has 0 radical (unpaired) electrons. The second-order valence-corrected chi connectivity index (χ2v) is 5.41. The number of rotatable bonds is 2. The van der Waals surface area contributed by atoms with Crippen molar-refractivity contribution in [2.24, 2.45) is 14.1 Å². The zero-order valence-corrected chi connectivity index (χ0v) is 12.4. The van der Waals surface area contributed by atoms with Gasteiger partial charge in [-0.05, 0) is 26.2 Å². The van der Waals surface area contributed by atoms with Gasteiger partial charge >= 0.3 is 5.69 Å². The largest absolute Gasteiger partial charge is 0.351 e. The summed E-state index contributed by atoms with van der Waals surface area (Å²) < 4.78 is 2.41. The Balaban J connectivity index is 2.78. The molecule has 0 bridgehead atoms. The van der Waals surface area contributed by atoms with Crippen molar-refractivity contribution in [3.63, 3.8) is 0 Å². The number of hydrogen-bond acceptors (Lipinski definition) is 4. The Morgan fingerprint density at radius 2 is 1.90 bits per heavy atom. The van der Waals surface area contributed by atoms with Crippen LogP contribution in [0.3, 0.4) is 0 Å². The minimum absolute atomic E-state index is 0.0572. The molecule has 0 aromatic carbocycles. The summed E-state index contributed by atoms with van der Waals surface area (Å²) in [6.07, 6.45) is 2.96. The average molecular weight is 276 g/mol. The number of nitriles is 1. The summed E-state index contributed by atoms with van der Waals surface area (Å²) in [4.78, 5) is 26.3. The summed E-state index contributed by atoms with van der Waals surface area (Å²) in [5, 5.41) is 9.34. The van der Waals surface area contributed by atoms with Crippen LogP contribution in [-0.4, -0.2) is 21.2 Å². The molecule has 6 nitrogen and oxygen atoms in total. The SMILES string of the molecule is CC[C@H]1CC[C@H](C)N1c1c(C#N)c(=O)n(C)c(=O)n1C. The van der Waals surface area contributed by atoms with Gasteiger partial charge in [0.05, 0.1) is 0 Å². The van der Waals surface area contributed by atoms with E-state index in [9.17, 15) is 14.9 Å². The maximum Gasteiger partial charge on any atom is 0.332 e. The predicted molar refractivity (Wildman–Crippen MR) is 76.9 cm³/mol. The standard InChI is InChI=1S/C14H20N4O2/c1-5-10-7-6-9(2)18(10)12-11(8-15)13(19)17(4)14(20)16(12)3/h9-10H,5-7H2,1-4H3/t9-,10-/m0/s1. The molecule has 20 heavy (non-hydrogen) atoms. The molecular weight excluding hydrogens is 256 g/mol. The van der Waals surface area contributed by atoms with Gasteiger partial charge in [0.1, 0.15) is 11.9 Å². The molecule has 0 N–H and O–H groups in total. The van der Waals surface area contributed by atoms with E-state index >= 15 is 0 Å². The van der Waals surface area contributed by atoms with Crippen LogP contribution in [0.5, 0.6) is 0 Å². The Kier molecular flexibility index (Phi) is 3.71. The summed E-state index contributed by atoms with van der Waals surface area (Å²) in [6, 6.07) is 2.48. The van der Waals surface area contributed by atoms with E-state index in [1.54, 1.807) is 7.05 Å². The van der Waals surface area contributed by atoms with Gasteiger partial charge in [0.25, 0.3) is 5.56 Å². The first-order chi connectivity index (χ1) is 9.43. The van der Waals surface area contributed by atoms with Crippen LogP contribution in [0, 0.1) is 11.3 Å². The highest BCUT2D eigenvalue weighted by Gasteiger charge is 2.34. The number of hydrogen-bond donors (Lipinski definition) is 0. The number of aromatic nitrogens is 2. The molecule has 0 spiro atoms. The van der Waals surface area contributed by atoms with E-state index in [1.807, 2.05) is 6.07 Å². The van der Waals surface area contributed by atoms with E-state index in [2.05, 4.69) is 18.7 Å². The molecular formula is C14H20N4O2. The molecule has 6 heteroatoms. The molecule has 0 saturated carbocycles. The van der Waals surface area contributed by atoms with Crippen LogP contribution in [0.25, 0.3) is 0 Å². The summed E-state index contributed by atoms with van der Waals surface area (Å²) in [5.74, 6) is 0.470. The number of nitrogens with zero attached hydrogens (tertiary/aromatic N) is 4. The van der Waals surface area contributed by atoms with Gasteiger partial charge in [0.15, 0.2) is 5.56 Å². The Hall–Kier alpha value is -2.03. The summed E-state index contributed by atoms with van der Waals surface area (Å²) >= 11 is 0. The maximum atomic E-state index is 12.2. The van der Waals surface area contributed by atoms with E-state index in [-0.39, 0.29) is 17.6 Å². The van der Waals surface area contributed by atoms with Crippen molar-refractivity contribution in [2.45, 2.75) is 45.2 Å². The first kappa shape index (κ1) is 14.4. The highest BCUT2D eigenvalue weighted by Crippen LogP contribution is 2.32. The van der Waals surface area contributed by atoms with Crippen molar-refractivity contribution in [3.05, 3.63) is 26.4 Å². The van der Waals surface area contributed by atoms with Gasteiger partial charge in [-0.3, -0.25) is 13.9 Å². The first-order valence-corrected chi connectivity index (χ1v) is 6.92. The minimum atomic E-state index is -0.514. The third-order valence-corrected chi connectivity index (χ3v) is 4.25. The lowest BCUT2D eigenvalue weighted by atomic mass is 10.1. The third kappa shape index (κ3) is 1.94. The molecule has 1 aliphatic heterocycles. The van der Waals surface area contributed by atoms with Crippen molar-refractivity contribution in [3.8, 4) is 6.07 Å². The van der Waals surface area contributed by atoms with Gasteiger partial charge in [0, 0.05) is 26.2 Å². The molecule has 0 aliphatic carbocycles. The van der Waals surface area contributed by atoms with Crippen molar-refractivity contribution in [1.29, 1.82) is 5.26 Å². The normalized spacial score (nSPS) is 22.1. The Labute approximate surface area is 117 Å². The smallest absolute Gasteiger partial charge is 0.332 e. The lowest BCUT2D eigenvalue weighted by Crippen LogP contribution is -2.45. The first-order valence-electron chi connectivity index (χ1n) is 6.92. The quantitative estimate of drug-likeness (QED) is 0.798. The maximum absolute atomic E-state index is 12.2. The van der Waals surface area contributed by atoms with Gasteiger partial charge in [-0.15, -0.1) is 0 Å². The van der Waals surface area contributed by atoms with Crippen LogP contribution in [0.2, 0.25) is 0 Å². The second-order valence-electron chi connectivity index (χ2n) is 5.41. The van der Waals surface area contributed by atoms with Crippen LogP contribution in [-0.2, 0) is 14.1 Å². The van der Waals surface area contributed by atoms with Crippen LogP contribution in [0.1, 0.15) is 38.7 Å². The lowest BCUT2D eigenvalue weighted by molar-refractivity contribution is 0.585. The highest BCUT2D eigenvalue weighted by atomic mass is 16.2. The van der Waals surface area contributed by atoms with Gasteiger partial charge < -0.3 is 4.90 Å². The van der Waals surface area contributed by atoms with E-state index in [1.165, 1.54) is 11.6 Å². The molecule has 0 unspecified atom stereocenters. The Morgan fingerprint density at radius 1 is 1.25 bits per heavy atom. The van der Waals surface area contributed by atoms with Crippen LogP contribution < -0.4 is 16.1 Å². The Bertz CT molecular complexity index is 680. The fourth-order valence-electron chi connectivity index (χ4n) is 3.09. The second kappa shape index (κ2) is 5.16. The zero-order valence-electron chi connectivity index (χ0n) is 12.4. The summed E-state index contributed by atoms with van der Waals surface area (Å²) in [5.41, 5.74) is -0.848. The monoisotopic (exact) mass is 276 g/mol. The summed E-state index contributed by atoms with van der Waals surface area (Å²) in [6.45, 7) is 4.15. The minimum Gasteiger partial charge on any atom is -0.351 e. The predicted octanol–water partition coefficient (Wildman–Crippen LogP) is 0.723. The van der Waals surface area contributed by atoms with Crippen LogP contribution in [0.4, 0.5) is 5.82 Å². The Morgan fingerprint density at radius 3 is 2.45 bits per heavy atom. The molecule has 1 aromatic rings. The molecule has 108 valence electrons. The van der Waals surface area contributed by atoms with Crippen LogP contribution in [0.15, 0.2) is 9.59 Å². The van der Waals surface area contributed by atoms with E-state index in [4.69, 9.17) is 0 Å². The molecule has 1 aromatic heterocycles. The van der Waals surface area contributed by atoms with Gasteiger partial charge in [-0.2, -0.15) is 5.26 Å². The molecule has 1 fully saturated rings. The molecule has 2 rings (SSSR count). The van der Waals surface area contributed by atoms with Crippen molar-refractivity contribution >= 4 is 5.82 Å². The van der Waals surface area contributed by atoms with E-state index in [0.29, 0.717) is 5.82 Å². The zero-order chi connectivity index (χ0) is 15.0. The lowest BCUT2D eigenvalue weighted by Gasteiger charge is -2.32. The molecule has 1 aliphatic rings. The van der Waals surface area contributed by atoms with E-state index in [0.717, 1.165) is 23.8 Å². The average Bonchev–Trinajstić information content (AvgIpc) is 2.81. The van der Waals surface area contributed by atoms with Gasteiger partial charge in [-0.25, -0.2) is 4.79 Å². The molecule has 2 atom stereocenters. The number of anilines is 1. The summed E-state index contributed by atoms with van der Waals surface area (Å²) in [7, 11) is 3.02. The highest BCUT2D eigenvalue weighted by molar-refractivity contribution is 5.55. The fraction of sp³-hybridized carbons (Fsp3) is 0.643. The molecule has 0 amide bonds. The topological polar surface area (TPSA) is 71.0 Å². The molecule has 1 saturated heterocycles. The fourth-order valence-corrected chi connectivity index (χ4v) is 3.09. The van der Waals surface area contributed by atoms with Crippen molar-refractivity contribution in [2.75, 3.05) is 4.90 Å². The van der Waals surface area contributed by atoms with Crippen molar-refractivity contribution in [1.82, 2.24) is 9.13 Å². The van der Waals surface area contributed by atoms with E-state index < -0.39 is 11.2 Å². The van der Waals surface area contributed by atoms with Crippen molar-refractivity contribution < 1.29 is 0 Å². The third-order valence-electron chi connectivity index (χ3n) is 4.25. The van der Waals surface area contributed by atoms with Crippen LogP contribution >= 0.6 is 0 Å². The van der Waals surface area contributed by atoms with Gasteiger partial charge in [0.2, 0.25) is 0 Å². The molecule has 2 heterocycles.